The van der Waals surface area contributed by atoms with Crippen LogP contribution in [-0.2, 0) is 4.79 Å². The van der Waals surface area contributed by atoms with E-state index in [9.17, 15) is 4.79 Å². The molecule has 0 aromatic carbocycles. The minimum absolute atomic E-state index is 0.0666. The lowest BCUT2D eigenvalue weighted by atomic mass is 9.88. The second kappa shape index (κ2) is 4.29. The first kappa shape index (κ1) is 10.1. The van der Waals surface area contributed by atoms with Crippen molar-refractivity contribution >= 4 is 5.91 Å². The molecule has 1 amide bonds. The molecule has 2 unspecified atom stereocenters. The molecule has 0 aromatic heterocycles. The standard InChI is InChI=1S/C10H16N2O/c1-4-7(2)12-10(13)8(3)9-5-11-6-9/h1,7-9,11H,5-6H2,2-3H3,(H,12,13). The number of hydrogen-bond acceptors (Lipinski definition) is 2. The van der Waals surface area contributed by atoms with Crippen molar-refractivity contribution in [1.29, 1.82) is 0 Å². The molecule has 0 spiro atoms. The van der Waals surface area contributed by atoms with E-state index in [0.29, 0.717) is 5.92 Å². The van der Waals surface area contributed by atoms with E-state index < -0.39 is 0 Å². The van der Waals surface area contributed by atoms with E-state index in [1.807, 2.05) is 13.8 Å². The Morgan fingerprint density at radius 3 is 2.62 bits per heavy atom. The van der Waals surface area contributed by atoms with Crippen LogP contribution in [0.1, 0.15) is 13.8 Å². The average Bonchev–Trinajstić information content (AvgIpc) is 2.00. The molecule has 13 heavy (non-hydrogen) atoms. The molecule has 3 nitrogen and oxygen atoms in total. The summed E-state index contributed by atoms with van der Waals surface area (Å²) in [7, 11) is 0. The molecule has 1 aliphatic heterocycles. The van der Waals surface area contributed by atoms with Gasteiger partial charge < -0.3 is 10.6 Å². The largest absolute Gasteiger partial charge is 0.343 e. The van der Waals surface area contributed by atoms with E-state index >= 15 is 0 Å². The molecule has 0 aromatic rings. The van der Waals surface area contributed by atoms with Gasteiger partial charge in [-0.3, -0.25) is 4.79 Å². The Hall–Kier alpha value is -1.01. The maximum Gasteiger partial charge on any atom is 0.224 e. The highest BCUT2D eigenvalue weighted by molar-refractivity contribution is 5.79. The maximum atomic E-state index is 11.5. The number of amides is 1. The van der Waals surface area contributed by atoms with Gasteiger partial charge in [0.15, 0.2) is 0 Å². The zero-order chi connectivity index (χ0) is 9.84. The average molecular weight is 180 g/mol. The van der Waals surface area contributed by atoms with Crippen LogP contribution >= 0.6 is 0 Å². The minimum Gasteiger partial charge on any atom is -0.343 e. The molecule has 3 heteroatoms. The fourth-order valence-electron chi connectivity index (χ4n) is 1.27. The Labute approximate surface area is 79.3 Å². The van der Waals surface area contributed by atoms with Gasteiger partial charge in [-0.25, -0.2) is 0 Å². The smallest absolute Gasteiger partial charge is 0.224 e. The third-order valence-electron chi connectivity index (χ3n) is 2.54. The molecular formula is C10H16N2O. The van der Waals surface area contributed by atoms with Gasteiger partial charge in [-0.2, -0.15) is 0 Å². The highest BCUT2D eigenvalue weighted by atomic mass is 16.1. The quantitative estimate of drug-likeness (QED) is 0.599. The van der Waals surface area contributed by atoms with E-state index in [1.54, 1.807) is 0 Å². The lowest BCUT2D eigenvalue weighted by Gasteiger charge is -2.32. The summed E-state index contributed by atoms with van der Waals surface area (Å²) in [4.78, 5) is 11.5. The third kappa shape index (κ3) is 2.46. The minimum atomic E-state index is -0.164. The maximum absolute atomic E-state index is 11.5. The van der Waals surface area contributed by atoms with Crippen LogP contribution in [0.25, 0.3) is 0 Å². The number of carbonyl (C=O) groups is 1. The number of hydrogen-bond donors (Lipinski definition) is 2. The van der Waals surface area contributed by atoms with Gasteiger partial charge in [0, 0.05) is 5.92 Å². The monoisotopic (exact) mass is 180 g/mol. The van der Waals surface area contributed by atoms with Gasteiger partial charge >= 0.3 is 0 Å². The molecule has 0 radical (unpaired) electrons. The van der Waals surface area contributed by atoms with Gasteiger partial charge in [0.2, 0.25) is 5.91 Å². The van der Waals surface area contributed by atoms with Crippen molar-refractivity contribution in [2.75, 3.05) is 13.1 Å². The Morgan fingerprint density at radius 1 is 1.62 bits per heavy atom. The van der Waals surface area contributed by atoms with Gasteiger partial charge in [-0.15, -0.1) is 6.42 Å². The number of rotatable bonds is 3. The Bertz CT molecular complexity index is 228. The van der Waals surface area contributed by atoms with Gasteiger partial charge in [0.05, 0.1) is 6.04 Å². The number of terminal acetylenes is 1. The first-order chi connectivity index (χ1) is 6.15. The topological polar surface area (TPSA) is 41.1 Å². The molecule has 72 valence electrons. The normalized spacial score (nSPS) is 21.0. The third-order valence-corrected chi connectivity index (χ3v) is 2.54. The predicted molar refractivity (Wildman–Crippen MR) is 52.0 cm³/mol. The SMILES string of the molecule is C#CC(C)NC(=O)C(C)C1CNC1. The fourth-order valence-corrected chi connectivity index (χ4v) is 1.27. The van der Waals surface area contributed by atoms with E-state index in [1.165, 1.54) is 0 Å². The van der Waals surface area contributed by atoms with Crippen LogP contribution < -0.4 is 10.6 Å². The van der Waals surface area contributed by atoms with Crippen molar-refractivity contribution in [3.8, 4) is 12.3 Å². The van der Waals surface area contributed by atoms with Crippen LogP contribution in [0, 0.1) is 24.2 Å². The molecule has 1 heterocycles. The molecule has 2 atom stereocenters. The molecular weight excluding hydrogens is 164 g/mol. The molecule has 2 N–H and O–H groups in total. The molecule has 0 bridgehead atoms. The highest BCUT2D eigenvalue weighted by Gasteiger charge is 2.28. The van der Waals surface area contributed by atoms with Crippen molar-refractivity contribution in [2.24, 2.45) is 11.8 Å². The van der Waals surface area contributed by atoms with Crippen molar-refractivity contribution in [3.05, 3.63) is 0 Å². The Kier molecular flexibility index (Phi) is 3.32. The van der Waals surface area contributed by atoms with Crippen LogP contribution in [0.2, 0.25) is 0 Å². The number of carbonyl (C=O) groups excluding carboxylic acids is 1. The van der Waals surface area contributed by atoms with Crippen LogP contribution in [0.3, 0.4) is 0 Å². The summed E-state index contributed by atoms with van der Waals surface area (Å²) >= 11 is 0. The molecule has 1 aliphatic rings. The van der Waals surface area contributed by atoms with Crippen LogP contribution in [-0.4, -0.2) is 25.0 Å². The van der Waals surface area contributed by atoms with Crippen molar-refractivity contribution in [1.82, 2.24) is 10.6 Å². The second-order valence-electron chi connectivity index (χ2n) is 3.60. The van der Waals surface area contributed by atoms with Crippen LogP contribution in [0.15, 0.2) is 0 Å². The van der Waals surface area contributed by atoms with Crippen molar-refractivity contribution in [3.63, 3.8) is 0 Å². The summed E-state index contributed by atoms with van der Waals surface area (Å²) in [6.07, 6.45) is 5.17. The summed E-state index contributed by atoms with van der Waals surface area (Å²) in [5.74, 6) is 3.09. The van der Waals surface area contributed by atoms with E-state index in [-0.39, 0.29) is 17.9 Å². The molecule has 0 saturated carbocycles. The zero-order valence-electron chi connectivity index (χ0n) is 8.13. The van der Waals surface area contributed by atoms with E-state index in [4.69, 9.17) is 6.42 Å². The molecule has 1 saturated heterocycles. The molecule has 1 rings (SSSR count). The Balaban J connectivity index is 2.34. The van der Waals surface area contributed by atoms with Crippen molar-refractivity contribution < 1.29 is 4.79 Å². The van der Waals surface area contributed by atoms with Gasteiger partial charge in [-0.05, 0) is 25.9 Å². The lowest BCUT2D eigenvalue weighted by molar-refractivity contribution is -0.126. The highest BCUT2D eigenvalue weighted by Crippen LogP contribution is 2.15. The number of nitrogens with one attached hydrogen (secondary N) is 2. The second-order valence-corrected chi connectivity index (χ2v) is 3.60. The van der Waals surface area contributed by atoms with Crippen molar-refractivity contribution in [2.45, 2.75) is 19.9 Å². The summed E-state index contributed by atoms with van der Waals surface area (Å²) < 4.78 is 0. The van der Waals surface area contributed by atoms with Gasteiger partial charge in [0.25, 0.3) is 0 Å². The first-order valence-electron chi connectivity index (χ1n) is 4.62. The van der Waals surface area contributed by atoms with Gasteiger partial charge in [0.1, 0.15) is 0 Å². The van der Waals surface area contributed by atoms with Gasteiger partial charge in [-0.1, -0.05) is 12.8 Å². The molecule has 0 aliphatic carbocycles. The van der Waals surface area contributed by atoms with E-state index in [0.717, 1.165) is 13.1 Å². The predicted octanol–water partition coefficient (Wildman–Crippen LogP) is -0.0202. The first-order valence-corrected chi connectivity index (χ1v) is 4.62. The fraction of sp³-hybridized carbons (Fsp3) is 0.700. The summed E-state index contributed by atoms with van der Waals surface area (Å²) in [5, 5.41) is 5.92. The lowest BCUT2D eigenvalue weighted by Crippen LogP contribution is -2.50. The summed E-state index contributed by atoms with van der Waals surface area (Å²) in [6, 6.07) is -0.164. The zero-order valence-corrected chi connectivity index (χ0v) is 8.13. The Morgan fingerprint density at radius 2 is 2.23 bits per heavy atom. The summed E-state index contributed by atoms with van der Waals surface area (Å²) in [6.45, 7) is 5.64. The van der Waals surface area contributed by atoms with Crippen LogP contribution in [0.4, 0.5) is 0 Å². The van der Waals surface area contributed by atoms with Crippen LogP contribution in [0.5, 0.6) is 0 Å². The molecule has 1 fully saturated rings. The van der Waals surface area contributed by atoms with E-state index in [2.05, 4.69) is 16.6 Å². The summed E-state index contributed by atoms with van der Waals surface area (Å²) in [5.41, 5.74) is 0.